The molecular weight excluding hydrogens is 290 g/mol. The van der Waals surface area contributed by atoms with Crippen molar-refractivity contribution in [1.82, 2.24) is 0 Å². The smallest absolute Gasteiger partial charge is 0.306 e. The number of aliphatic hydroxyl groups excluding tert-OH is 1. The van der Waals surface area contributed by atoms with E-state index in [1.807, 2.05) is 0 Å². The Hall–Kier alpha value is -0.610. The summed E-state index contributed by atoms with van der Waals surface area (Å²) in [7, 11) is 0. The van der Waals surface area contributed by atoms with E-state index < -0.39 is 6.10 Å². The molecule has 4 aliphatic rings. The lowest BCUT2D eigenvalue weighted by Crippen LogP contribution is -3.12. The molecule has 1 atom stereocenters. The fourth-order valence-electron chi connectivity index (χ4n) is 5.98. The zero-order valence-electron chi connectivity index (χ0n) is 14.9. The minimum absolute atomic E-state index is 0.0828. The van der Waals surface area contributed by atoms with Gasteiger partial charge in [0, 0.05) is 0 Å². The van der Waals surface area contributed by atoms with Crippen molar-refractivity contribution in [2.75, 3.05) is 26.2 Å². The first kappa shape index (κ1) is 17.2. The van der Waals surface area contributed by atoms with Gasteiger partial charge in [-0.15, -0.1) is 0 Å². The van der Waals surface area contributed by atoms with E-state index >= 15 is 0 Å². The highest BCUT2D eigenvalue weighted by Crippen LogP contribution is 2.61. The number of esters is 1. The molecule has 4 fully saturated rings. The van der Waals surface area contributed by atoms with Crippen LogP contribution in [0.2, 0.25) is 0 Å². The lowest BCUT2D eigenvalue weighted by Gasteiger charge is -2.56. The standard InChI is InChI=1S/C19H33NO3/c1-3-20(4-2)12-17(21)13-23-18(22)11-19-8-14-5-15(9-19)7-16(6-14)10-19/h14-17,21H,3-13H2,1-2H3/p+1. The molecule has 0 aromatic heterocycles. The van der Waals surface area contributed by atoms with E-state index in [2.05, 4.69) is 13.8 Å². The first-order chi connectivity index (χ1) is 11.0. The number of carbonyl (C=O) groups excluding carboxylic acids is 1. The van der Waals surface area contributed by atoms with Crippen LogP contribution in [0.15, 0.2) is 0 Å². The van der Waals surface area contributed by atoms with Gasteiger partial charge in [-0.2, -0.15) is 0 Å². The van der Waals surface area contributed by atoms with Gasteiger partial charge in [-0.1, -0.05) is 0 Å². The Morgan fingerprint density at radius 1 is 1.13 bits per heavy atom. The maximum Gasteiger partial charge on any atom is 0.306 e. The molecule has 1 unspecified atom stereocenters. The van der Waals surface area contributed by atoms with E-state index in [0.29, 0.717) is 13.0 Å². The Bertz CT molecular complexity index is 384. The minimum atomic E-state index is -0.537. The van der Waals surface area contributed by atoms with Gasteiger partial charge in [-0.3, -0.25) is 4.79 Å². The Kier molecular flexibility index (Phi) is 5.32. The van der Waals surface area contributed by atoms with Gasteiger partial charge in [0.25, 0.3) is 0 Å². The van der Waals surface area contributed by atoms with Crippen molar-refractivity contribution < 1.29 is 19.5 Å². The van der Waals surface area contributed by atoms with E-state index in [0.717, 1.165) is 30.8 Å². The molecule has 132 valence electrons. The monoisotopic (exact) mass is 324 g/mol. The van der Waals surface area contributed by atoms with Crippen LogP contribution in [-0.4, -0.2) is 43.4 Å². The van der Waals surface area contributed by atoms with Gasteiger partial charge in [-0.25, -0.2) is 0 Å². The lowest BCUT2D eigenvalue weighted by molar-refractivity contribution is -0.899. The summed E-state index contributed by atoms with van der Waals surface area (Å²) in [5.41, 5.74) is 0.237. The number of rotatable bonds is 8. The molecular formula is C19H34NO3+. The highest BCUT2D eigenvalue weighted by molar-refractivity contribution is 5.70. The van der Waals surface area contributed by atoms with Gasteiger partial charge >= 0.3 is 5.97 Å². The highest BCUT2D eigenvalue weighted by Gasteiger charge is 2.51. The number of carbonyl (C=O) groups is 1. The number of aliphatic hydroxyl groups is 1. The molecule has 0 amide bonds. The van der Waals surface area contributed by atoms with Gasteiger partial charge in [0.15, 0.2) is 0 Å². The second kappa shape index (κ2) is 7.10. The Labute approximate surface area is 140 Å². The quantitative estimate of drug-likeness (QED) is 0.664. The summed E-state index contributed by atoms with van der Waals surface area (Å²) in [5, 5.41) is 10.1. The topological polar surface area (TPSA) is 51.0 Å². The van der Waals surface area contributed by atoms with Crippen molar-refractivity contribution in [3.8, 4) is 0 Å². The maximum absolute atomic E-state index is 12.3. The molecule has 4 saturated carbocycles. The zero-order chi connectivity index (χ0) is 16.4. The predicted molar refractivity (Wildman–Crippen MR) is 89.1 cm³/mol. The SMILES string of the molecule is CC[NH+](CC)CC(O)COC(=O)CC12CC3CC(CC(C3)C1)C2. The first-order valence-electron chi connectivity index (χ1n) is 9.69. The van der Waals surface area contributed by atoms with Crippen LogP contribution >= 0.6 is 0 Å². The third kappa shape index (κ3) is 4.08. The Morgan fingerprint density at radius 3 is 2.13 bits per heavy atom. The van der Waals surface area contributed by atoms with E-state index in [-0.39, 0.29) is 18.0 Å². The molecule has 0 aromatic rings. The largest absolute Gasteiger partial charge is 0.463 e. The molecule has 0 aliphatic heterocycles. The second-order valence-electron chi connectivity index (χ2n) is 8.59. The molecule has 4 rings (SSSR count). The van der Waals surface area contributed by atoms with Crippen molar-refractivity contribution in [2.45, 2.75) is 64.9 Å². The first-order valence-corrected chi connectivity index (χ1v) is 9.69. The molecule has 4 aliphatic carbocycles. The van der Waals surface area contributed by atoms with Crippen LogP contribution in [0.3, 0.4) is 0 Å². The maximum atomic E-state index is 12.3. The Morgan fingerprint density at radius 2 is 1.65 bits per heavy atom. The number of hydrogen-bond acceptors (Lipinski definition) is 3. The molecule has 0 radical (unpaired) electrons. The lowest BCUT2D eigenvalue weighted by atomic mass is 9.49. The van der Waals surface area contributed by atoms with Gasteiger partial charge in [0.05, 0.1) is 19.5 Å². The molecule has 0 heterocycles. The average Bonchev–Trinajstić information content (AvgIpc) is 2.48. The van der Waals surface area contributed by atoms with Gasteiger partial charge < -0.3 is 14.7 Å². The number of likely N-dealkylation sites (N-methyl/N-ethyl adjacent to an activating group) is 1. The summed E-state index contributed by atoms with van der Waals surface area (Å²) in [6.45, 7) is 7.05. The summed E-state index contributed by atoms with van der Waals surface area (Å²) in [4.78, 5) is 13.7. The second-order valence-corrected chi connectivity index (χ2v) is 8.59. The third-order valence-electron chi connectivity index (χ3n) is 6.65. The van der Waals surface area contributed by atoms with E-state index in [9.17, 15) is 9.90 Å². The zero-order valence-corrected chi connectivity index (χ0v) is 14.9. The fraction of sp³-hybridized carbons (Fsp3) is 0.947. The molecule has 0 spiro atoms. The van der Waals surface area contributed by atoms with Crippen molar-refractivity contribution in [3.05, 3.63) is 0 Å². The normalized spacial score (nSPS) is 36.4. The Balaban J connectivity index is 1.44. The highest BCUT2D eigenvalue weighted by atomic mass is 16.5. The summed E-state index contributed by atoms with van der Waals surface area (Å²) in [6, 6.07) is 0. The van der Waals surface area contributed by atoms with Crippen LogP contribution in [-0.2, 0) is 9.53 Å². The van der Waals surface area contributed by atoms with Crippen molar-refractivity contribution >= 4 is 5.97 Å². The molecule has 0 saturated heterocycles. The van der Waals surface area contributed by atoms with Crippen LogP contribution in [0.25, 0.3) is 0 Å². The van der Waals surface area contributed by atoms with Crippen molar-refractivity contribution in [3.63, 3.8) is 0 Å². The number of nitrogens with one attached hydrogen (secondary N) is 1. The van der Waals surface area contributed by atoms with Crippen LogP contribution < -0.4 is 4.90 Å². The summed E-state index contributed by atoms with van der Waals surface area (Å²) in [6.07, 6.45) is 7.96. The molecule has 0 aromatic carbocycles. The predicted octanol–water partition coefficient (Wildman–Crippen LogP) is 1.42. The summed E-state index contributed by atoms with van der Waals surface area (Å²) >= 11 is 0. The van der Waals surface area contributed by atoms with Crippen LogP contribution in [0.5, 0.6) is 0 Å². The van der Waals surface area contributed by atoms with Gasteiger partial charge in [-0.05, 0) is 75.5 Å². The summed E-state index contributed by atoms with van der Waals surface area (Å²) in [5.74, 6) is 2.52. The van der Waals surface area contributed by atoms with Crippen LogP contribution in [0.4, 0.5) is 0 Å². The van der Waals surface area contributed by atoms with Crippen LogP contribution in [0.1, 0.15) is 58.8 Å². The van der Waals surface area contributed by atoms with Gasteiger partial charge in [0.1, 0.15) is 19.3 Å². The van der Waals surface area contributed by atoms with E-state index in [1.165, 1.54) is 43.4 Å². The van der Waals surface area contributed by atoms with Crippen LogP contribution in [0, 0.1) is 23.2 Å². The number of ether oxygens (including phenoxy) is 1. The van der Waals surface area contributed by atoms with E-state index in [1.54, 1.807) is 0 Å². The van der Waals surface area contributed by atoms with Crippen molar-refractivity contribution in [1.29, 1.82) is 0 Å². The molecule has 4 bridgehead atoms. The molecule has 4 nitrogen and oxygen atoms in total. The molecule has 23 heavy (non-hydrogen) atoms. The summed E-state index contributed by atoms with van der Waals surface area (Å²) < 4.78 is 5.43. The number of hydrogen-bond donors (Lipinski definition) is 2. The minimum Gasteiger partial charge on any atom is -0.463 e. The van der Waals surface area contributed by atoms with Gasteiger partial charge in [0.2, 0.25) is 0 Å². The number of quaternary nitrogens is 1. The molecule has 2 N–H and O–H groups in total. The fourth-order valence-corrected chi connectivity index (χ4v) is 5.98. The average molecular weight is 324 g/mol. The third-order valence-corrected chi connectivity index (χ3v) is 6.65. The van der Waals surface area contributed by atoms with E-state index in [4.69, 9.17) is 4.74 Å². The van der Waals surface area contributed by atoms with Crippen molar-refractivity contribution in [2.24, 2.45) is 23.2 Å². The molecule has 4 heteroatoms.